The molecule has 3 rings (SSSR count). The molecule has 1 amide bonds. The van der Waals surface area contributed by atoms with Crippen molar-refractivity contribution >= 4 is 22.6 Å². The van der Waals surface area contributed by atoms with Gasteiger partial charge in [-0.25, -0.2) is 9.48 Å². The van der Waals surface area contributed by atoms with Gasteiger partial charge in [-0.1, -0.05) is 18.2 Å². The van der Waals surface area contributed by atoms with Crippen LogP contribution in [0, 0.1) is 0 Å². The lowest BCUT2D eigenvalue weighted by Gasteiger charge is -2.32. The van der Waals surface area contributed by atoms with E-state index in [-0.39, 0.29) is 31.0 Å². The molecule has 0 aliphatic carbocycles. The number of hydrogen-bond donors (Lipinski definition) is 1. The smallest absolute Gasteiger partial charge is 0.328 e. The maximum absolute atomic E-state index is 12.6. The third-order valence-electron chi connectivity index (χ3n) is 4.09. The van der Waals surface area contributed by atoms with Gasteiger partial charge in [0, 0.05) is 19.0 Å². The molecule has 0 unspecified atom stereocenters. The third-order valence-corrected chi connectivity index (χ3v) is 4.09. The number of aliphatic carboxylic acids is 1. The van der Waals surface area contributed by atoms with Crippen LogP contribution in [0.15, 0.2) is 29.1 Å². The van der Waals surface area contributed by atoms with Crippen molar-refractivity contribution in [2.45, 2.75) is 12.5 Å². The maximum atomic E-state index is 12.6. The van der Waals surface area contributed by atoms with Crippen molar-refractivity contribution in [2.24, 2.45) is 7.05 Å². The molecule has 1 atom stereocenters. The van der Waals surface area contributed by atoms with Crippen LogP contribution in [0.5, 0.6) is 0 Å². The van der Waals surface area contributed by atoms with E-state index in [1.807, 2.05) is 0 Å². The molecule has 1 aliphatic heterocycles. The summed E-state index contributed by atoms with van der Waals surface area (Å²) in [5, 5.41) is 14.5. The molecule has 0 saturated carbocycles. The van der Waals surface area contributed by atoms with Crippen molar-refractivity contribution < 1.29 is 19.4 Å². The van der Waals surface area contributed by atoms with Gasteiger partial charge in [0.15, 0.2) is 6.04 Å². The Kier molecular flexibility index (Phi) is 4.30. The quantitative estimate of drug-likeness (QED) is 0.835. The fraction of sp³-hybridized carbons (Fsp3) is 0.375. The lowest BCUT2D eigenvalue weighted by molar-refractivity contribution is -0.158. The molecule has 1 fully saturated rings. The number of morpholine rings is 1. The Morgan fingerprint density at radius 1 is 1.33 bits per heavy atom. The second-order valence-corrected chi connectivity index (χ2v) is 5.61. The number of ether oxygens (including phenoxy) is 1. The Labute approximate surface area is 137 Å². The Balaban J connectivity index is 1.95. The van der Waals surface area contributed by atoms with Crippen LogP contribution >= 0.6 is 0 Å². The molecule has 8 heteroatoms. The zero-order valence-electron chi connectivity index (χ0n) is 13.1. The van der Waals surface area contributed by atoms with E-state index in [1.54, 1.807) is 24.3 Å². The predicted molar refractivity (Wildman–Crippen MR) is 84.6 cm³/mol. The number of fused-ring (bicyclic) bond motifs is 1. The van der Waals surface area contributed by atoms with Crippen LogP contribution in [0.2, 0.25) is 0 Å². The van der Waals surface area contributed by atoms with E-state index in [0.717, 1.165) is 0 Å². The number of carboxylic acids is 1. The molecule has 1 aromatic heterocycles. The first-order chi connectivity index (χ1) is 11.5. The Bertz CT molecular complexity index is 860. The molecule has 0 radical (unpaired) electrons. The molecular formula is C16H17N3O5. The first kappa shape index (κ1) is 16.1. The SMILES string of the molecule is Cn1nc(CC(=O)N2CCOC[C@@H]2C(=O)O)c2ccccc2c1=O. The van der Waals surface area contributed by atoms with E-state index in [4.69, 9.17) is 4.74 Å². The highest BCUT2D eigenvalue weighted by molar-refractivity contribution is 5.90. The second kappa shape index (κ2) is 6.40. The van der Waals surface area contributed by atoms with Crippen LogP contribution in [0.3, 0.4) is 0 Å². The van der Waals surface area contributed by atoms with Crippen molar-refractivity contribution in [3.05, 3.63) is 40.3 Å². The average Bonchev–Trinajstić information content (AvgIpc) is 2.59. The molecule has 8 nitrogen and oxygen atoms in total. The number of carbonyl (C=O) groups excluding carboxylic acids is 1. The Morgan fingerprint density at radius 3 is 2.75 bits per heavy atom. The lowest BCUT2D eigenvalue weighted by atomic mass is 10.1. The monoisotopic (exact) mass is 331 g/mol. The van der Waals surface area contributed by atoms with Crippen molar-refractivity contribution in [3.8, 4) is 0 Å². The number of carbonyl (C=O) groups is 2. The van der Waals surface area contributed by atoms with Crippen molar-refractivity contribution in [1.29, 1.82) is 0 Å². The molecule has 1 N–H and O–H groups in total. The minimum absolute atomic E-state index is 0.0253. The summed E-state index contributed by atoms with van der Waals surface area (Å²) in [6, 6.07) is 5.94. The fourth-order valence-electron chi connectivity index (χ4n) is 2.86. The van der Waals surface area contributed by atoms with Gasteiger partial charge in [-0.15, -0.1) is 0 Å². The summed E-state index contributed by atoms with van der Waals surface area (Å²) in [6.07, 6.45) is -0.0710. The van der Waals surface area contributed by atoms with Gasteiger partial charge in [-0.3, -0.25) is 9.59 Å². The van der Waals surface area contributed by atoms with Crippen LogP contribution < -0.4 is 5.56 Å². The highest BCUT2D eigenvalue weighted by atomic mass is 16.5. The van der Waals surface area contributed by atoms with Crippen LogP contribution in [-0.2, 0) is 27.8 Å². The topological polar surface area (TPSA) is 102 Å². The fourth-order valence-corrected chi connectivity index (χ4v) is 2.86. The summed E-state index contributed by atoms with van der Waals surface area (Å²) >= 11 is 0. The highest BCUT2D eigenvalue weighted by Gasteiger charge is 2.33. The van der Waals surface area contributed by atoms with Crippen LogP contribution in [0.25, 0.3) is 10.8 Å². The summed E-state index contributed by atoms with van der Waals surface area (Å²) < 4.78 is 6.34. The summed E-state index contributed by atoms with van der Waals surface area (Å²) in [6.45, 7) is 0.499. The van der Waals surface area contributed by atoms with Gasteiger partial charge >= 0.3 is 5.97 Å². The van der Waals surface area contributed by atoms with Crippen molar-refractivity contribution in [3.63, 3.8) is 0 Å². The molecule has 0 bridgehead atoms. The zero-order chi connectivity index (χ0) is 17.3. The Hall–Kier alpha value is -2.74. The summed E-state index contributed by atoms with van der Waals surface area (Å²) in [4.78, 5) is 37.3. The van der Waals surface area contributed by atoms with Crippen LogP contribution in [-0.4, -0.2) is 57.5 Å². The van der Waals surface area contributed by atoms with Crippen molar-refractivity contribution in [2.75, 3.05) is 19.8 Å². The molecule has 24 heavy (non-hydrogen) atoms. The second-order valence-electron chi connectivity index (χ2n) is 5.61. The van der Waals surface area contributed by atoms with Crippen LogP contribution in [0.1, 0.15) is 5.69 Å². The van der Waals surface area contributed by atoms with E-state index in [9.17, 15) is 19.5 Å². The number of carboxylic acid groups (broad SMARTS) is 1. The number of aromatic nitrogens is 2. The molecular weight excluding hydrogens is 314 g/mol. The molecule has 2 heterocycles. The van der Waals surface area contributed by atoms with Gasteiger partial charge in [-0.2, -0.15) is 5.10 Å². The lowest BCUT2D eigenvalue weighted by Crippen LogP contribution is -2.53. The van der Waals surface area contributed by atoms with E-state index < -0.39 is 12.0 Å². The number of hydrogen-bond acceptors (Lipinski definition) is 5. The number of benzene rings is 1. The van der Waals surface area contributed by atoms with Gasteiger partial charge in [0.05, 0.1) is 30.7 Å². The molecule has 126 valence electrons. The number of rotatable bonds is 3. The number of nitrogens with zero attached hydrogens (tertiary/aromatic N) is 3. The standard InChI is InChI=1S/C16H17N3O5/c1-18-15(21)11-5-3-2-4-10(11)12(17-18)8-14(20)19-6-7-24-9-13(19)16(22)23/h2-5,13H,6-9H2,1H3,(H,22,23)/t13-/m1/s1. The van der Waals surface area contributed by atoms with Gasteiger partial charge < -0.3 is 14.7 Å². The van der Waals surface area contributed by atoms with Gasteiger partial charge in [0.1, 0.15) is 0 Å². The number of amides is 1. The van der Waals surface area contributed by atoms with Crippen molar-refractivity contribution in [1.82, 2.24) is 14.7 Å². The van der Waals surface area contributed by atoms with Gasteiger partial charge in [0.2, 0.25) is 5.91 Å². The average molecular weight is 331 g/mol. The normalized spacial score (nSPS) is 17.9. The largest absolute Gasteiger partial charge is 0.480 e. The van der Waals surface area contributed by atoms with Gasteiger partial charge in [0.25, 0.3) is 5.56 Å². The molecule has 0 spiro atoms. The first-order valence-corrected chi connectivity index (χ1v) is 7.54. The van der Waals surface area contributed by atoms with E-state index in [0.29, 0.717) is 23.1 Å². The molecule has 1 aliphatic rings. The molecule has 1 aromatic carbocycles. The summed E-state index contributed by atoms with van der Waals surface area (Å²) in [7, 11) is 1.53. The van der Waals surface area contributed by atoms with Gasteiger partial charge in [-0.05, 0) is 6.07 Å². The first-order valence-electron chi connectivity index (χ1n) is 7.54. The summed E-state index contributed by atoms with van der Waals surface area (Å²) in [5.74, 6) is -1.44. The highest BCUT2D eigenvalue weighted by Crippen LogP contribution is 2.16. The molecule has 1 saturated heterocycles. The van der Waals surface area contributed by atoms with Crippen LogP contribution in [0.4, 0.5) is 0 Å². The predicted octanol–water partition coefficient (Wildman–Crippen LogP) is -0.212. The maximum Gasteiger partial charge on any atom is 0.328 e. The third kappa shape index (κ3) is 2.88. The minimum atomic E-state index is -1.10. The number of aryl methyl sites for hydroxylation is 1. The van der Waals surface area contributed by atoms with E-state index >= 15 is 0 Å². The zero-order valence-corrected chi connectivity index (χ0v) is 13.1. The Morgan fingerprint density at radius 2 is 2.04 bits per heavy atom. The van der Waals surface area contributed by atoms with E-state index in [1.165, 1.54) is 16.6 Å². The molecule has 2 aromatic rings. The minimum Gasteiger partial charge on any atom is -0.480 e. The summed E-state index contributed by atoms with van der Waals surface area (Å²) in [5.41, 5.74) is 0.213. The van der Waals surface area contributed by atoms with E-state index in [2.05, 4.69) is 5.10 Å².